The lowest BCUT2D eigenvalue weighted by Gasteiger charge is -2.12. The first kappa shape index (κ1) is 16.0. The van der Waals surface area contributed by atoms with Crippen LogP contribution in [0.1, 0.15) is 0 Å². The van der Waals surface area contributed by atoms with Gasteiger partial charge in [-0.25, -0.2) is 0 Å². The number of hydrogen-bond donors (Lipinski definition) is 0. The second-order valence-corrected chi connectivity index (χ2v) is 5.77. The SMILES string of the molecule is [c]1cccc(-c2ccc(Oc3ccccc3)cc2)c1Oc1ccccc1. The highest BCUT2D eigenvalue weighted by molar-refractivity contribution is 5.71. The molecule has 0 atom stereocenters. The van der Waals surface area contributed by atoms with Crippen LogP contribution in [0.4, 0.5) is 0 Å². The zero-order valence-corrected chi connectivity index (χ0v) is 14.1. The van der Waals surface area contributed by atoms with Crippen LogP contribution in [0.25, 0.3) is 11.1 Å². The van der Waals surface area contributed by atoms with E-state index in [9.17, 15) is 0 Å². The van der Waals surface area contributed by atoms with Crippen LogP contribution in [0.5, 0.6) is 23.0 Å². The molecule has 0 bridgehead atoms. The first-order valence-electron chi connectivity index (χ1n) is 8.45. The van der Waals surface area contributed by atoms with E-state index in [2.05, 4.69) is 6.07 Å². The molecule has 4 aromatic carbocycles. The molecule has 0 spiro atoms. The highest BCUT2D eigenvalue weighted by Crippen LogP contribution is 2.34. The third-order valence-corrected chi connectivity index (χ3v) is 3.93. The molecule has 0 aliphatic carbocycles. The Kier molecular flexibility index (Phi) is 4.66. The van der Waals surface area contributed by atoms with Gasteiger partial charge in [-0.05, 0) is 42.0 Å². The molecule has 0 N–H and O–H groups in total. The quantitative estimate of drug-likeness (QED) is 0.401. The van der Waals surface area contributed by atoms with Crippen molar-refractivity contribution in [2.75, 3.05) is 0 Å². The Morgan fingerprint density at radius 2 is 1.08 bits per heavy atom. The van der Waals surface area contributed by atoms with Crippen molar-refractivity contribution in [1.82, 2.24) is 0 Å². The van der Waals surface area contributed by atoms with Gasteiger partial charge in [0.25, 0.3) is 0 Å². The van der Waals surface area contributed by atoms with E-state index in [-0.39, 0.29) is 0 Å². The summed E-state index contributed by atoms with van der Waals surface area (Å²) >= 11 is 0. The Bertz CT molecular complexity index is 962. The summed E-state index contributed by atoms with van der Waals surface area (Å²) in [4.78, 5) is 0. The first-order chi connectivity index (χ1) is 12.9. The van der Waals surface area contributed by atoms with E-state index in [4.69, 9.17) is 9.47 Å². The summed E-state index contributed by atoms with van der Waals surface area (Å²) in [6.07, 6.45) is 0. The third-order valence-electron chi connectivity index (χ3n) is 3.93. The van der Waals surface area contributed by atoms with Gasteiger partial charge in [0.2, 0.25) is 0 Å². The Labute approximate surface area is 153 Å². The fraction of sp³-hybridized carbons (Fsp3) is 0. The maximum atomic E-state index is 6.00. The molecule has 4 rings (SSSR count). The van der Waals surface area contributed by atoms with Gasteiger partial charge in [0.05, 0.1) is 0 Å². The smallest absolute Gasteiger partial charge is 0.143 e. The number of benzene rings is 4. The van der Waals surface area contributed by atoms with Crippen molar-refractivity contribution in [2.45, 2.75) is 0 Å². The van der Waals surface area contributed by atoms with Crippen LogP contribution in [0, 0.1) is 6.07 Å². The van der Waals surface area contributed by atoms with Crippen LogP contribution < -0.4 is 9.47 Å². The lowest BCUT2D eigenvalue weighted by Crippen LogP contribution is -1.89. The summed E-state index contributed by atoms with van der Waals surface area (Å²) in [5.74, 6) is 3.11. The second-order valence-electron chi connectivity index (χ2n) is 5.77. The van der Waals surface area contributed by atoms with E-state index in [0.717, 1.165) is 28.4 Å². The summed E-state index contributed by atoms with van der Waals surface area (Å²) in [7, 11) is 0. The predicted octanol–water partition coefficient (Wildman–Crippen LogP) is 6.74. The maximum absolute atomic E-state index is 6.00. The molecule has 0 unspecified atom stereocenters. The van der Waals surface area contributed by atoms with E-state index in [0.29, 0.717) is 5.75 Å². The zero-order valence-electron chi connectivity index (χ0n) is 14.1. The van der Waals surface area contributed by atoms with Gasteiger partial charge in [0.1, 0.15) is 23.0 Å². The van der Waals surface area contributed by atoms with Gasteiger partial charge < -0.3 is 9.47 Å². The highest BCUT2D eigenvalue weighted by Gasteiger charge is 2.08. The molecular weight excluding hydrogens is 320 g/mol. The van der Waals surface area contributed by atoms with Gasteiger partial charge in [0, 0.05) is 11.6 Å². The Morgan fingerprint density at radius 3 is 1.73 bits per heavy atom. The summed E-state index contributed by atoms with van der Waals surface area (Å²) in [6, 6.07) is 36.5. The first-order valence-corrected chi connectivity index (χ1v) is 8.45. The van der Waals surface area contributed by atoms with Crippen LogP contribution >= 0.6 is 0 Å². The van der Waals surface area contributed by atoms with Crippen molar-refractivity contribution in [3.05, 3.63) is 109 Å². The van der Waals surface area contributed by atoms with Gasteiger partial charge >= 0.3 is 0 Å². The van der Waals surface area contributed by atoms with Gasteiger partial charge in [-0.1, -0.05) is 66.7 Å². The third kappa shape index (κ3) is 3.76. The number of hydrogen-bond acceptors (Lipinski definition) is 2. The van der Waals surface area contributed by atoms with E-state index >= 15 is 0 Å². The zero-order chi connectivity index (χ0) is 17.6. The van der Waals surface area contributed by atoms with Crippen LogP contribution in [0.3, 0.4) is 0 Å². The minimum absolute atomic E-state index is 0.704. The van der Waals surface area contributed by atoms with E-state index in [1.807, 2.05) is 103 Å². The standard InChI is InChI=1S/C24H17O2/c1-3-9-20(10-4-1)25-22-17-15-19(16-18-22)23-13-7-8-14-24(23)26-21-11-5-2-6-12-21/h1-13,15-18H. The molecular formula is C24H17O2. The molecule has 0 saturated heterocycles. The van der Waals surface area contributed by atoms with Crippen LogP contribution in [0.15, 0.2) is 103 Å². The normalized spacial score (nSPS) is 10.3. The molecule has 0 aromatic heterocycles. The van der Waals surface area contributed by atoms with Crippen molar-refractivity contribution in [2.24, 2.45) is 0 Å². The lowest BCUT2D eigenvalue weighted by atomic mass is 10.0. The molecule has 0 saturated carbocycles. The van der Waals surface area contributed by atoms with Gasteiger partial charge in [-0.2, -0.15) is 0 Å². The van der Waals surface area contributed by atoms with Crippen molar-refractivity contribution in [1.29, 1.82) is 0 Å². The molecule has 4 aromatic rings. The average molecular weight is 337 g/mol. The Hall–Kier alpha value is -3.52. The monoisotopic (exact) mass is 337 g/mol. The van der Waals surface area contributed by atoms with E-state index in [1.54, 1.807) is 0 Å². The van der Waals surface area contributed by atoms with Crippen LogP contribution in [-0.4, -0.2) is 0 Å². The maximum Gasteiger partial charge on any atom is 0.143 e. The summed E-state index contributed by atoms with van der Waals surface area (Å²) in [5, 5.41) is 0. The topological polar surface area (TPSA) is 18.5 Å². The summed E-state index contributed by atoms with van der Waals surface area (Å²) in [5.41, 5.74) is 2.04. The number of para-hydroxylation sites is 3. The fourth-order valence-corrected chi connectivity index (χ4v) is 2.67. The average Bonchev–Trinajstić information content (AvgIpc) is 2.71. The summed E-state index contributed by atoms with van der Waals surface area (Å²) < 4.78 is 11.9. The second kappa shape index (κ2) is 7.58. The molecule has 2 nitrogen and oxygen atoms in total. The molecule has 0 aliphatic heterocycles. The van der Waals surface area contributed by atoms with Crippen molar-refractivity contribution >= 4 is 0 Å². The lowest BCUT2D eigenvalue weighted by molar-refractivity contribution is 0.481. The fourth-order valence-electron chi connectivity index (χ4n) is 2.67. The van der Waals surface area contributed by atoms with Gasteiger partial charge in [0.15, 0.2) is 0 Å². The molecule has 125 valence electrons. The number of rotatable bonds is 5. The molecule has 0 fully saturated rings. The van der Waals surface area contributed by atoms with E-state index in [1.165, 1.54) is 0 Å². The molecule has 1 radical (unpaired) electrons. The minimum Gasteiger partial charge on any atom is -0.457 e. The molecule has 2 heteroatoms. The molecule has 26 heavy (non-hydrogen) atoms. The molecule has 0 aliphatic rings. The van der Waals surface area contributed by atoms with Crippen molar-refractivity contribution in [3.63, 3.8) is 0 Å². The predicted molar refractivity (Wildman–Crippen MR) is 104 cm³/mol. The van der Waals surface area contributed by atoms with Gasteiger partial charge in [-0.15, -0.1) is 0 Å². The van der Waals surface area contributed by atoms with Gasteiger partial charge in [-0.3, -0.25) is 0 Å². The van der Waals surface area contributed by atoms with Crippen molar-refractivity contribution < 1.29 is 9.47 Å². The summed E-state index contributed by atoms with van der Waals surface area (Å²) in [6.45, 7) is 0. The minimum atomic E-state index is 0.704. The van der Waals surface area contributed by atoms with Crippen molar-refractivity contribution in [3.8, 4) is 34.1 Å². The molecule has 0 heterocycles. The number of ether oxygens (including phenoxy) is 2. The Balaban J connectivity index is 1.58. The largest absolute Gasteiger partial charge is 0.457 e. The molecule has 0 amide bonds. The Morgan fingerprint density at radius 1 is 0.500 bits per heavy atom. The van der Waals surface area contributed by atoms with E-state index < -0.39 is 0 Å². The van der Waals surface area contributed by atoms with Crippen LogP contribution in [-0.2, 0) is 0 Å². The van der Waals surface area contributed by atoms with Crippen LogP contribution in [0.2, 0.25) is 0 Å². The highest BCUT2D eigenvalue weighted by atomic mass is 16.5.